The predicted octanol–water partition coefficient (Wildman–Crippen LogP) is 2.61. The van der Waals surface area contributed by atoms with E-state index in [1.54, 1.807) is 36.4 Å². The highest BCUT2D eigenvalue weighted by molar-refractivity contribution is 7.91. The molecule has 2 aromatic carbocycles. The first-order valence-corrected chi connectivity index (χ1v) is 8.82. The maximum Gasteiger partial charge on any atom is 0.221 e. The number of carbonyl (C=O) groups is 1. The van der Waals surface area contributed by atoms with Crippen LogP contribution in [-0.4, -0.2) is 20.1 Å². The molecular weight excluding hydrogens is 317 g/mol. The molecular formula is C17H18FNO3S. The van der Waals surface area contributed by atoms with Gasteiger partial charge < -0.3 is 5.32 Å². The van der Waals surface area contributed by atoms with Crippen LogP contribution in [0, 0.1) is 12.7 Å². The minimum Gasteiger partial charge on any atom is -0.352 e. The van der Waals surface area contributed by atoms with E-state index in [9.17, 15) is 17.6 Å². The number of aryl methyl sites for hydroxylation is 1. The van der Waals surface area contributed by atoms with E-state index in [4.69, 9.17) is 0 Å². The van der Waals surface area contributed by atoms with E-state index in [0.29, 0.717) is 0 Å². The number of benzene rings is 2. The zero-order valence-corrected chi connectivity index (χ0v) is 13.6. The van der Waals surface area contributed by atoms with E-state index in [1.165, 1.54) is 12.1 Å². The van der Waals surface area contributed by atoms with Gasteiger partial charge in [0, 0.05) is 13.0 Å². The molecule has 0 heterocycles. The highest BCUT2D eigenvalue weighted by Crippen LogP contribution is 2.13. The van der Waals surface area contributed by atoms with E-state index >= 15 is 0 Å². The van der Waals surface area contributed by atoms with Crippen molar-refractivity contribution in [2.24, 2.45) is 0 Å². The quantitative estimate of drug-likeness (QED) is 0.882. The zero-order chi connectivity index (χ0) is 16.9. The van der Waals surface area contributed by atoms with Crippen LogP contribution in [0.25, 0.3) is 0 Å². The van der Waals surface area contributed by atoms with Crippen LogP contribution in [0.3, 0.4) is 0 Å². The van der Waals surface area contributed by atoms with Crippen LogP contribution in [0.5, 0.6) is 0 Å². The van der Waals surface area contributed by atoms with Crippen molar-refractivity contribution in [2.45, 2.75) is 24.8 Å². The van der Waals surface area contributed by atoms with Crippen molar-refractivity contribution in [2.75, 3.05) is 5.75 Å². The Kier molecular flexibility index (Phi) is 5.50. The standard InChI is InChI=1S/C17H18FNO3S/c1-13-2-8-16(9-3-13)23(21,22)11-10-17(20)19-12-14-4-6-15(18)7-5-14/h2-9H,10-12H2,1H3,(H,19,20). The van der Waals surface area contributed by atoms with Crippen molar-refractivity contribution in [1.82, 2.24) is 5.32 Å². The minimum atomic E-state index is -3.47. The van der Waals surface area contributed by atoms with Gasteiger partial charge in [0.05, 0.1) is 10.6 Å². The van der Waals surface area contributed by atoms with Crippen molar-refractivity contribution in [3.63, 3.8) is 0 Å². The molecule has 0 unspecified atom stereocenters. The highest BCUT2D eigenvalue weighted by Gasteiger charge is 2.16. The Bertz CT molecular complexity index is 768. The third-order valence-corrected chi connectivity index (χ3v) is 5.11. The van der Waals surface area contributed by atoms with Crippen LogP contribution < -0.4 is 5.32 Å². The molecule has 0 saturated heterocycles. The number of sulfone groups is 1. The number of rotatable bonds is 6. The summed E-state index contributed by atoms with van der Waals surface area (Å²) in [6.45, 7) is 2.11. The van der Waals surface area contributed by atoms with E-state index in [2.05, 4.69) is 5.32 Å². The Morgan fingerprint density at radius 2 is 1.65 bits per heavy atom. The van der Waals surface area contributed by atoms with Gasteiger partial charge in [-0.2, -0.15) is 0 Å². The van der Waals surface area contributed by atoms with Crippen LogP contribution in [0.1, 0.15) is 17.5 Å². The number of hydrogen-bond acceptors (Lipinski definition) is 3. The molecule has 23 heavy (non-hydrogen) atoms. The van der Waals surface area contributed by atoms with Gasteiger partial charge in [0.1, 0.15) is 5.82 Å². The summed E-state index contributed by atoms with van der Waals surface area (Å²) in [6.07, 6.45) is -0.114. The summed E-state index contributed by atoms with van der Waals surface area (Å²) in [5.74, 6) is -0.944. The van der Waals surface area contributed by atoms with Crippen LogP contribution in [0.2, 0.25) is 0 Å². The second kappa shape index (κ2) is 7.37. The van der Waals surface area contributed by atoms with E-state index < -0.39 is 9.84 Å². The first-order valence-electron chi connectivity index (χ1n) is 7.17. The summed E-state index contributed by atoms with van der Waals surface area (Å²) in [5.41, 5.74) is 1.72. The maximum atomic E-state index is 12.8. The third-order valence-electron chi connectivity index (χ3n) is 3.38. The Balaban J connectivity index is 1.86. The summed E-state index contributed by atoms with van der Waals surface area (Å²) in [4.78, 5) is 12.0. The number of carbonyl (C=O) groups excluding carboxylic acids is 1. The molecule has 0 aliphatic heterocycles. The molecule has 6 heteroatoms. The third kappa shape index (κ3) is 5.17. The van der Waals surface area contributed by atoms with Gasteiger partial charge >= 0.3 is 0 Å². The summed E-state index contributed by atoms with van der Waals surface area (Å²) in [5, 5.41) is 2.63. The Morgan fingerprint density at radius 3 is 2.26 bits per heavy atom. The van der Waals surface area contributed by atoms with E-state index in [-0.39, 0.29) is 35.3 Å². The summed E-state index contributed by atoms with van der Waals surface area (Å²) < 4.78 is 37.0. The van der Waals surface area contributed by atoms with Crippen LogP contribution in [0.4, 0.5) is 4.39 Å². The van der Waals surface area contributed by atoms with Gasteiger partial charge in [-0.3, -0.25) is 4.79 Å². The highest BCUT2D eigenvalue weighted by atomic mass is 32.2. The molecule has 2 aromatic rings. The molecule has 0 fully saturated rings. The van der Waals surface area contributed by atoms with Crippen LogP contribution in [0.15, 0.2) is 53.4 Å². The molecule has 0 aliphatic carbocycles. The van der Waals surface area contributed by atoms with Crippen molar-refractivity contribution in [3.05, 3.63) is 65.5 Å². The molecule has 0 saturated carbocycles. The number of nitrogens with one attached hydrogen (secondary N) is 1. The van der Waals surface area contributed by atoms with Gasteiger partial charge in [-0.15, -0.1) is 0 Å². The van der Waals surface area contributed by atoms with Crippen molar-refractivity contribution in [1.29, 1.82) is 0 Å². The molecule has 1 N–H and O–H groups in total. The maximum absolute atomic E-state index is 12.8. The molecule has 0 bridgehead atoms. The fourth-order valence-electron chi connectivity index (χ4n) is 1.98. The monoisotopic (exact) mass is 335 g/mol. The lowest BCUT2D eigenvalue weighted by Gasteiger charge is -2.07. The molecule has 0 aromatic heterocycles. The molecule has 0 atom stereocenters. The fourth-order valence-corrected chi connectivity index (χ4v) is 3.22. The van der Waals surface area contributed by atoms with Gasteiger partial charge in [-0.25, -0.2) is 12.8 Å². The molecule has 2 rings (SSSR count). The topological polar surface area (TPSA) is 63.2 Å². The van der Waals surface area contributed by atoms with Gasteiger partial charge in [0.25, 0.3) is 0 Å². The Hall–Kier alpha value is -2.21. The lowest BCUT2D eigenvalue weighted by molar-refractivity contribution is -0.120. The molecule has 122 valence electrons. The molecule has 0 radical (unpaired) electrons. The number of halogens is 1. The molecule has 0 spiro atoms. The summed E-state index contributed by atoms with van der Waals surface area (Å²) >= 11 is 0. The SMILES string of the molecule is Cc1ccc(S(=O)(=O)CCC(=O)NCc2ccc(F)cc2)cc1. The normalized spacial score (nSPS) is 11.2. The van der Waals surface area contributed by atoms with Crippen molar-refractivity contribution < 1.29 is 17.6 Å². The average molecular weight is 335 g/mol. The molecule has 4 nitrogen and oxygen atoms in total. The lowest BCUT2D eigenvalue weighted by atomic mass is 10.2. The summed E-state index contributed by atoms with van der Waals surface area (Å²) in [6, 6.07) is 12.3. The fraction of sp³-hybridized carbons (Fsp3) is 0.235. The van der Waals surface area contributed by atoms with E-state index in [0.717, 1.165) is 11.1 Å². The van der Waals surface area contributed by atoms with Gasteiger partial charge in [-0.05, 0) is 36.8 Å². The summed E-state index contributed by atoms with van der Waals surface area (Å²) in [7, 11) is -3.47. The minimum absolute atomic E-state index is 0.114. The van der Waals surface area contributed by atoms with Gasteiger partial charge in [0.2, 0.25) is 5.91 Å². The van der Waals surface area contributed by atoms with Gasteiger partial charge in [-0.1, -0.05) is 29.8 Å². The predicted molar refractivity (Wildman–Crippen MR) is 86.1 cm³/mol. The van der Waals surface area contributed by atoms with Crippen molar-refractivity contribution in [3.8, 4) is 0 Å². The molecule has 0 aliphatic rings. The van der Waals surface area contributed by atoms with Crippen molar-refractivity contribution >= 4 is 15.7 Å². The molecule has 1 amide bonds. The number of hydrogen-bond donors (Lipinski definition) is 1. The lowest BCUT2D eigenvalue weighted by Crippen LogP contribution is -2.25. The zero-order valence-electron chi connectivity index (χ0n) is 12.8. The largest absolute Gasteiger partial charge is 0.352 e. The second-order valence-corrected chi connectivity index (χ2v) is 7.39. The Morgan fingerprint density at radius 1 is 1.04 bits per heavy atom. The smallest absolute Gasteiger partial charge is 0.221 e. The average Bonchev–Trinajstić information content (AvgIpc) is 2.53. The second-order valence-electron chi connectivity index (χ2n) is 5.29. The first kappa shape index (κ1) is 17.1. The van der Waals surface area contributed by atoms with E-state index in [1.807, 2.05) is 6.92 Å². The first-order chi connectivity index (χ1) is 10.9. The van der Waals surface area contributed by atoms with Gasteiger partial charge in [0.15, 0.2) is 9.84 Å². The van der Waals surface area contributed by atoms with Crippen LogP contribution >= 0.6 is 0 Å². The Labute approximate surface area is 135 Å². The van der Waals surface area contributed by atoms with Crippen LogP contribution in [-0.2, 0) is 21.2 Å². The number of amides is 1.